The Kier molecular flexibility index (Phi) is 5.49. The summed E-state index contributed by atoms with van der Waals surface area (Å²) in [4.78, 5) is 4.22. The highest BCUT2D eigenvalue weighted by atomic mass is 32.1. The van der Waals surface area contributed by atoms with Crippen LogP contribution < -0.4 is 5.32 Å². The molecule has 1 aromatic rings. The SMILES string of the molecule is CCCCC[C@@H](c1cccs1)N1CCNCC1. The molecule has 2 rings (SSSR count). The number of nitrogens with one attached hydrogen (secondary N) is 1. The van der Waals surface area contributed by atoms with Gasteiger partial charge >= 0.3 is 0 Å². The molecule has 3 heteroatoms. The fourth-order valence-electron chi connectivity index (χ4n) is 2.57. The van der Waals surface area contributed by atoms with Crippen molar-refractivity contribution >= 4 is 11.3 Å². The minimum atomic E-state index is 0.670. The predicted octanol–water partition coefficient (Wildman–Crippen LogP) is 3.27. The summed E-state index contributed by atoms with van der Waals surface area (Å²) >= 11 is 1.92. The quantitative estimate of drug-likeness (QED) is 0.782. The van der Waals surface area contributed by atoms with Crippen LogP contribution in [0.3, 0.4) is 0 Å². The predicted molar refractivity (Wildman–Crippen MR) is 75.6 cm³/mol. The molecule has 0 aromatic carbocycles. The number of rotatable bonds is 6. The van der Waals surface area contributed by atoms with E-state index in [2.05, 4.69) is 34.7 Å². The molecule has 17 heavy (non-hydrogen) atoms. The zero-order valence-corrected chi connectivity index (χ0v) is 11.6. The van der Waals surface area contributed by atoms with E-state index in [1.165, 1.54) is 38.8 Å². The molecule has 1 fully saturated rings. The molecular formula is C14H24N2S. The van der Waals surface area contributed by atoms with E-state index in [9.17, 15) is 0 Å². The van der Waals surface area contributed by atoms with Gasteiger partial charge in [-0.25, -0.2) is 0 Å². The smallest absolute Gasteiger partial charge is 0.0442 e. The molecule has 0 amide bonds. The summed E-state index contributed by atoms with van der Waals surface area (Å²) in [5, 5.41) is 5.66. The molecule has 1 aromatic heterocycles. The molecule has 0 radical (unpaired) electrons. The summed E-state index contributed by atoms with van der Waals surface area (Å²) in [5.41, 5.74) is 0. The maximum atomic E-state index is 3.44. The van der Waals surface area contributed by atoms with E-state index in [0.717, 1.165) is 13.1 Å². The molecule has 0 aliphatic carbocycles. The van der Waals surface area contributed by atoms with Gasteiger partial charge in [-0.3, -0.25) is 4.90 Å². The van der Waals surface area contributed by atoms with Crippen LogP contribution in [-0.2, 0) is 0 Å². The van der Waals surface area contributed by atoms with Crippen LogP contribution in [0.2, 0.25) is 0 Å². The second-order valence-corrected chi connectivity index (χ2v) is 5.79. The normalized spacial score (nSPS) is 19.4. The standard InChI is InChI=1S/C14H24N2S/c1-2-3-4-6-13(14-7-5-12-17-14)16-10-8-15-9-11-16/h5,7,12-13,15H,2-4,6,8-11H2,1H3/t13-/m0/s1. The van der Waals surface area contributed by atoms with Crippen molar-refractivity contribution in [2.75, 3.05) is 26.2 Å². The third kappa shape index (κ3) is 3.80. The van der Waals surface area contributed by atoms with Gasteiger partial charge < -0.3 is 5.32 Å². The molecule has 0 saturated carbocycles. The summed E-state index contributed by atoms with van der Waals surface area (Å²) in [6.45, 7) is 6.99. The van der Waals surface area contributed by atoms with Crippen molar-refractivity contribution in [2.24, 2.45) is 0 Å². The van der Waals surface area contributed by atoms with Crippen molar-refractivity contribution in [3.63, 3.8) is 0 Å². The van der Waals surface area contributed by atoms with Crippen molar-refractivity contribution < 1.29 is 0 Å². The molecule has 0 bridgehead atoms. The van der Waals surface area contributed by atoms with Crippen LogP contribution >= 0.6 is 11.3 Å². The fourth-order valence-corrected chi connectivity index (χ4v) is 3.46. The van der Waals surface area contributed by atoms with E-state index in [4.69, 9.17) is 0 Å². The van der Waals surface area contributed by atoms with Gasteiger partial charge in [0.05, 0.1) is 0 Å². The molecule has 1 aliphatic rings. The number of hydrogen-bond donors (Lipinski definition) is 1. The van der Waals surface area contributed by atoms with Crippen molar-refractivity contribution in [3.8, 4) is 0 Å². The van der Waals surface area contributed by atoms with Crippen LogP contribution in [0.4, 0.5) is 0 Å². The van der Waals surface area contributed by atoms with E-state index in [1.54, 1.807) is 4.88 Å². The van der Waals surface area contributed by atoms with Crippen molar-refractivity contribution in [2.45, 2.75) is 38.6 Å². The highest BCUT2D eigenvalue weighted by Gasteiger charge is 2.22. The molecule has 1 saturated heterocycles. The van der Waals surface area contributed by atoms with Crippen LogP contribution in [-0.4, -0.2) is 31.1 Å². The van der Waals surface area contributed by atoms with Gasteiger partial charge in [0.15, 0.2) is 0 Å². The number of thiophene rings is 1. The minimum absolute atomic E-state index is 0.670. The Bertz CT molecular complexity index is 291. The van der Waals surface area contributed by atoms with Crippen LogP contribution in [0.5, 0.6) is 0 Å². The Balaban J connectivity index is 1.96. The lowest BCUT2D eigenvalue weighted by molar-refractivity contribution is 0.165. The molecule has 0 spiro atoms. The van der Waals surface area contributed by atoms with Gasteiger partial charge in [0.2, 0.25) is 0 Å². The van der Waals surface area contributed by atoms with Crippen molar-refractivity contribution in [1.29, 1.82) is 0 Å². The van der Waals surface area contributed by atoms with Gasteiger partial charge in [-0.15, -0.1) is 11.3 Å². The van der Waals surface area contributed by atoms with Crippen molar-refractivity contribution in [3.05, 3.63) is 22.4 Å². The molecule has 1 atom stereocenters. The van der Waals surface area contributed by atoms with Crippen LogP contribution in [0.25, 0.3) is 0 Å². The largest absolute Gasteiger partial charge is 0.314 e. The minimum Gasteiger partial charge on any atom is -0.314 e. The number of nitrogens with zero attached hydrogens (tertiary/aromatic N) is 1. The second kappa shape index (κ2) is 7.14. The topological polar surface area (TPSA) is 15.3 Å². The highest BCUT2D eigenvalue weighted by molar-refractivity contribution is 7.10. The number of piperazine rings is 1. The summed E-state index contributed by atoms with van der Waals surface area (Å²) in [7, 11) is 0. The van der Waals surface area contributed by atoms with E-state index in [1.807, 2.05) is 11.3 Å². The molecule has 1 aliphatic heterocycles. The van der Waals surface area contributed by atoms with Crippen LogP contribution in [0, 0.1) is 0 Å². The van der Waals surface area contributed by atoms with E-state index >= 15 is 0 Å². The van der Waals surface area contributed by atoms with Crippen molar-refractivity contribution in [1.82, 2.24) is 10.2 Å². The van der Waals surface area contributed by atoms with E-state index < -0.39 is 0 Å². The van der Waals surface area contributed by atoms with Gasteiger partial charge in [0.25, 0.3) is 0 Å². The Labute approximate surface area is 109 Å². The molecule has 0 unspecified atom stereocenters. The van der Waals surface area contributed by atoms with Crippen LogP contribution in [0.15, 0.2) is 17.5 Å². The first kappa shape index (κ1) is 13.1. The molecule has 96 valence electrons. The third-order valence-electron chi connectivity index (χ3n) is 3.55. The Morgan fingerprint density at radius 3 is 2.82 bits per heavy atom. The summed E-state index contributed by atoms with van der Waals surface area (Å²) in [6.07, 6.45) is 5.38. The van der Waals surface area contributed by atoms with Gasteiger partial charge in [-0.05, 0) is 17.9 Å². The maximum absolute atomic E-state index is 3.44. The molecule has 2 heterocycles. The second-order valence-electron chi connectivity index (χ2n) is 4.81. The summed E-state index contributed by atoms with van der Waals surface area (Å²) in [6, 6.07) is 5.17. The first-order valence-corrected chi connectivity index (χ1v) is 7.78. The number of hydrogen-bond acceptors (Lipinski definition) is 3. The monoisotopic (exact) mass is 252 g/mol. The van der Waals surface area contributed by atoms with E-state index in [-0.39, 0.29) is 0 Å². The average Bonchev–Trinajstić information content (AvgIpc) is 2.89. The average molecular weight is 252 g/mol. The fraction of sp³-hybridized carbons (Fsp3) is 0.714. The summed E-state index contributed by atoms with van der Waals surface area (Å²) in [5.74, 6) is 0. The lowest BCUT2D eigenvalue weighted by atomic mass is 10.0. The molecule has 2 nitrogen and oxygen atoms in total. The summed E-state index contributed by atoms with van der Waals surface area (Å²) < 4.78 is 0. The molecule has 1 N–H and O–H groups in total. The lowest BCUT2D eigenvalue weighted by Gasteiger charge is -2.34. The maximum Gasteiger partial charge on any atom is 0.0442 e. The van der Waals surface area contributed by atoms with Gasteiger partial charge in [-0.1, -0.05) is 32.3 Å². The van der Waals surface area contributed by atoms with Gasteiger partial charge in [0.1, 0.15) is 0 Å². The number of unbranched alkanes of at least 4 members (excludes halogenated alkanes) is 2. The molecular weight excluding hydrogens is 228 g/mol. The first-order chi connectivity index (χ1) is 8.42. The van der Waals surface area contributed by atoms with Gasteiger partial charge in [-0.2, -0.15) is 0 Å². The lowest BCUT2D eigenvalue weighted by Crippen LogP contribution is -2.45. The van der Waals surface area contributed by atoms with Gasteiger partial charge in [0, 0.05) is 37.1 Å². The van der Waals surface area contributed by atoms with Crippen LogP contribution in [0.1, 0.15) is 43.5 Å². The first-order valence-electron chi connectivity index (χ1n) is 6.90. The van der Waals surface area contributed by atoms with E-state index in [0.29, 0.717) is 6.04 Å². The Morgan fingerprint density at radius 2 is 2.18 bits per heavy atom. The zero-order chi connectivity index (χ0) is 11.9. The third-order valence-corrected chi connectivity index (χ3v) is 4.52. The zero-order valence-electron chi connectivity index (χ0n) is 10.8. The Morgan fingerprint density at radius 1 is 1.35 bits per heavy atom. The Hall–Kier alpha value is -0.380. The highest BCUT2D eigenvalue weighted by Crippen LogP contribution is 2.30.